The highest BCUT2D eigenvalue weighted by Crippen LogP contribution is 2.46. The monoisotopic (exact) mass is 893 g/mol. The van der Waals surface area contributed by atoms with Crippen molar-refractivity contribution in [3.8, 4) is 22.5 Å². The van der Waals surface area contributed by atoms with Gasteiger partial charge in [0, 0.05) is 24.2 Å². The maximum Gasteiger partial charge on any atom is 0.411 e. The van der Waals surface area contributed by atoms with Crippen molar-refractivity contribution in [1.82, 2.24) is 54.6 Å². The Morgan fingerprint density at radius 3 is 1.33 bits per heavy atom. The van der Waals surface area contributed by atoms with Gasteiger partial charge in [-0.25, -0.2) is 19.0 Å². The van der Waals surface area contributed by atoms with Gasteiger partial charge in [-0.3, -0.25) is 24.4 Å². The molecule has 4 fully saturated rings. The van der Waals surface area contributed by atoms with Crippen molar-refractivity contribution in [3.63, 3.8) is 0 Å². The van der Waals surface area contributed by atoms with Crippen LogP contribution < -0.4 is 0 Å². The molecule has 67 heavy (non-hydrogen) atoms. The Hall–Kier alpha value is -8.21. The van der Waals surface area contributed by atoms with E-state index >= 15 is 0 Å². The highest BCUT2D eigenvalue weighted by atomic mass is 16.6. The summed E-state index contributed by atoms with van der Waals surface area (Å²) in [4.78, 5) is 67.7. The van der Waals surface area contributed by atoms with Gasteiger partial charge in [-0.05, 0) is 40.8 Å². The normalized spacial score (nSPS) is 23.6. The van der Waals surface area contributed by atoms with Gasteiger partial charge in [0.15, 0.2) is 0 Å². The van der Waals surface area contributed by atoms with Crippen LogP contribution in [0.2, 0.25) is 0 Å². The highest BCUT2D eigenvalue weighted by molar-refractivity contribution is 5.94. The van der Waals surface area contributed by atoms with Crippen LogP contribution in [0.4, 0.5) is 9.59 Å². The second-order valence-corrected chi connectivity index (χ2v) is 17.5. The molecule has 15 rings (SSSR count). The molecule has 0 radical (unpaired) electrons. The summed E-state index contributed by atoms with van der Waals surface area (Å²) in [6.45, 7) is 1.67. The van der Waals surface area contributed by atoms with Crippen molar-refractivity contribution in [2.75, 3.05) is 26.3 Å². The molecule has 8 aliphatic rings. The maximum absolute atomic E-state index is 14.5. The fourth-order valence-corrected chi connectivity index (χ4v) is 10.3. The Morgan fingerprint density at radius 1 is 0.463 bits per heavy atom. The van der Waals surface area contributed by atoms with Crippen LogP contribution in [0.5, 0.6) is 0 Å². The Labute approximate surface area is 384 Å². The Kier molecular flexibility index (Phi) is 9.83. The number of β-lactam (4-membered cyclic amide) rings is 2. The zero-order valence-electron chi connectivity index (χ0n) is 36.1. The van der Waals surface area contributed by atoms with E-state index in [4.69, 9.17) is 14.5 Å². The lowest BCUT2D eigenvalue weighted by Gasteiger charge is -2.53. The van der Waals surface area contributed by atoms with Crippen LogP contribution in [0, 0.1) is 0 Å². The average Bonchev–Trinajstić information content (AvgIpc) is 4.19. The van der Waals surface area contributed by atoms with E-state index in [0.717, 1.165) is 44.8 Å². The van der Waals surface area contributed by atoms with E-state index in [1.165, 1.54) is 0 Å². The molecular weight excluding hydrogens is 851 g/mol. The molecule has 17 heteroatoms. The Balaban J connectivity index is 0.901. The number of rotatable bonds is 4. The molecule has 0 saturated carbocycles. The van der Waals surface area contributed by atoms with Crippen molar-refractivity contribution in [2.24, 2.45) is 0 Å². The third-order valence-electron chi connectivity index (χ3n) is 13.6. The molecule has 8 aliphatic heterocycles. The molecule has 4 aromatic carbocycles. The van der Waals surface area contributed by atoms with Crippen molar-refractivity contribution >= 4 is 24.0 Å². The predicted molar refractivity (Wildman–Crippen MR) is 239 cm³/mol. The molecule has 11 heterocycles. The highest BCUT2D eigenvalue weighted by Gasteiger charge is 2.58. The summed E-state index contributed by atoms with van der Waals surface area (Å²) in [6.07, 6.45) is 3.10. The quantitative estimate of drug-likeness (QED) is 0.190. The lowest BCUT2D eigenvalue weighted by atomic mass is 9.84. The number of amides is 4. The van der Waals surface area contributed by atoms with E-state index in [-0.39, 0.29) is 25.0 Å². The molecule has 3 aromatic heterocycles. The first kappa shape index (κ1) is 40.3. The summed E-state index contributed by atoms with van der Waals surface area (Å²) in [7, 11) is 0. The largest absolute Gasteiger partial charge is 0.447 e. The number of nitrogens with zero attached hydrogens (tertiary/aromatic N) is 11. The van der Waals surface area contributed by atoms with Crippen LogP contribution in [0.3, 0.4) is 0 Å². The summed E-state index contributed by atoms with van der Waals surface area (Å²) in [5.41, 5.74) is 8.04. The fraction of sp³-hybridized carbons (Fsp3) is 0.260. The van der Waals surface area contributed by atoms with E-state index in [1.54, 1.807) is 29.0 Å². The first-order chi connectivity index (χ1) is 32.9. The number of pyridine rings is 1. The molecule has 0 unspecified atom stereocenters. The van der Waals surface area contributed by atoms with Crippen molar-refractivity contribution in [3.05, 3.63) is 173 Å². The summed E-state index contributed by atoms with van der Waals surface area (Å²) < 4.78 is 14.7. The van der Waals surface area contributed by atoms with Gasteiger partial charge in [0.1, 0.15) is 36.7 Å². The molecule has 10 bridgehead atoms. The van der Waals surface area contributed by atoms with Crippen LogP contribution in [-0.2, 0) is 32.2 Å². The fourth-order valence-electron chi connectivity index (χ4n) is 10.3. The van der Waals surface area contributed by atoms with E-state index < -0.39 is 48.4 Å². The molecule has 7 aromatic rings. The van der Waals surface area contributed by atoms with Crippen LogP contribution in [-0.4, -0.2) is 117 Å². The molecule has 0 aliphatic carbocycles. The minimum Gasteiger partial charge on any atom is -0.447 e. The second kappa shape index (κ2) is 16.3. The molecule has 4 saturated heterocycles. The van der Waals surface area contributed by atoms with Gasteiger partial charge in [0.2, 0.25) is 11.8 Å². The smallest absolute Gasteiger partial charge is 0.411 e. The van der Waals surface area contributed by atoms with E-state index in [2.05, 4.69) is 20.6 Å². The first-order valence-corrected chi connectivity index (χ1v) is 22.4. The Morgan fingerprint density at radius 2 is 0.896 bits per heavy atom. The van der Waals surface area contributed by atoms with Gasteiger partial charge in [0.25, 0.3) is 0 Å². The standard InChI is InChI=1S/C50H43N11O6/c62-47-45(60-41(29-66-49(60)64)33-9-3-1-4-10-33)43-35-19-15-31(16-20-35)39-27-56(54-52-39)25-37-13-7-14-38(51-37)26-57-28-40(53-55-57)32-17-21-36(22-18-32)44-46(48(63)59(44)24-8-23-58(43)47)61-42(30-67-50(61)65)34-11-5-2-6-12-34/h1-7,9-22,27-28,41-46H,8,23-26,29-30H2/t41-,42-,43-,44-,45-,46-/m1/s1. The predicted octanol–water partition coefficient (Wildman–Crippen LogP) is 5.99. The zero-order chi connectivity index (χ0) is 45.2. The number of hydrogen-bond donors (Lipinski definition) is 0. The number of carbonyl (C=O) groups is 4. The third kappa shape index (κ3) is 7.04. The third-order valence-corrected chi connectivity index (χ3v) is 13.6. The Bertz CT molecular complexity index is 2820. The summed E-state index contributed by atoms with van der Waals surface area (Å²) in [6, 6.07) is 37.2. The lowest BCUT2D eigenvalue weighted by molar-refractivity contribution is -0.161. The van der Waals surface area contributed by atoms with Gasteiger partial charge in [0.05, 0.1) is 61.0 Å². The molecule has 0 N–H and O–H groups in total. The number of benzene rings is 4. The first-order valence-electron chi connectivity index (χ1n) is 22.4. The van der Waals surface area contributed by atoms with Gasteiger partial charge >= 0.3 is 12.2 Å². The minimum atomic E-state index is -0.819. The van der Waals surface area contributed by atoms with Crippen molar-refractivity contribution in [2.45, 2.75) is 55.8 Å². The van der Waals surface area contributed by atoms with E-state index in [0.29, 0.717) is 44.0 Å². The van der Waals surface area contributed by atoms with Crippen LogP contribution in [0.15, 0.2) is 140 Å². The van der Waals surface area contributed by atoms with Crippen LogP contribution in [0.1, 0.15) is 64.2 Å². The van der Waals surface area contributed by atoms with Gasteiger partial charge in [-0.1, -0.05) is 126 Å². The zero-order valence-corrected chi connectivity index (χ0v) is 36.1. The van der Waals surface area contributed by atoms with Crippen LogP contribution in [0.25, 0.3) is 22.5 Å². The molecule has 0 spiro atoms. The molecule has 6 atom stereocenters. The number of hydrogen-bond acceptors (Lipinski definition) is 11. The van der Waals surface area contributed by atoms with Crippen molar-refractivity contribution in [1.29, 1.82) is 0 Å². The second-order valence-electron chi connectivity index (χ2n) is 17.5. The average molecular weight is 894 g/mol. The van der Waals surface area contributed by atoms with Gasteiger partial charge < -0.3 is 19.3 Å². The van der Waals surface area contributed by atoms with Gasteiger partial charge in [-0.15, -0.1) is 10.2 Å². The minimum absolute atomic E-state index is 0.129. The number of carbonyl (C=O) groups excluding carboxylic acids is 4. The van der Waals surface area contributed by atoms with E-state index in [9.17, 15) is 19.2 Å². The maximum atomic E-state index is 14.5. The van der Waals surface area contributed by atoms with Gasteiger partial charge in [-0.2, -0.15) is 0 Å². The topological polar surface area (TPSA) is 174 Å². The number of aromatic nitrogens is 7. The summed E-state index contributed by atoms with van der Waals surface area (Å²) >= 11 is 0. The SMILES string of the molecule is O=C1[C@H](N2C(=O)OC[C@@H]2c2ccccc2)[C@H]2c3ccc(cc3)-c3cn(nn3)Cc3cccc(n3)Cn3cc(nn3)-c3ccc(cc3)[C@@H]3[C@@H](N4C(=O)OC[C@@H]4c4ccccc4)C(=O)N3CCCN12. The lowest BCUT2D eigenvalue weighted by Crippen LogP contribution is -2.67. The molecule has 334 valence electrons. The number of cyclic esters (lactones) is 2. The van der Waals surface area contributed by atoms with Crippen molar-refractivity contribution < 1.29 is 28.7 Å². The summed E-state index contributed by atoms with van der Waals surface area (Å²) in [5, 5.41) is 17.8. The molecule has 4 amide bonds. The van der Waals surface area contributed by atoms with Crippen LogP contribution >= 0.6 is 0 Å². The van der Waals surface area contributed by atoms with E-state index in [1.807, 2.05) is 140 Å². The molecule has 17 nitrogen and oxygen atoms in total. The number of ether oxygens (including phenoxy) is 2. The molecular formula is C50H43N11O6. The summed E-state index contributed by atoms with van der Waals surface area (Å²) in [5.74, 6) is -0.407.